The van der Waals surface area contributed by atoms with Crippen molar-refractivity contribution in [3.05, 3.63) is 0 Å². The summed E-state index contributed by atoms with van der Waals surface area (Å²) >= 11 is 0. The van der Waals surface area contributed by atoms with Crippen LogP contribution in [-0.4, -0.2) is 13.7 Å². The van der Waals surface area contributed by atoms with E-state index in [0.29, 0.717) is 0 Å². The molecule has 2 unspecified atom stereocenters. The van der Waals surface area contributed by atoms with Crippen molar-refractivity contribution in [2.75, 3.05) is 0 Å². The van der Waals surface area contributed by atoms with Crippen molar-refractivity contribution < 1.29 is 8.42 Å². The molecular weight excluding hydrogens is 160 g/mol. The van der Waals surface area contributed by atoms with Gasteiger partial charge in [0.05, 0.1) is 5.25 Å². The van der Waals surface area contributed by atoms with Gasteiger partial charge < -0.3 is 0 Å². The van der Waals surface area contributed by atoms with Gasteiger partial charge in [-0.05, 0) is 18.8 Å². The first-order valence-electron chi connectivity index (χ1n) is 2.95. The van der Waals surface area contributed by atoms with E-state index in [9.17, 15) is 8.42 Å². The van der Waals surface area contributed by atoms with Crippen molar-refractivity contribution in [3.8, 4) is 0 Å². The van der Waals surface area contributed by atoms with Crippen LogP contribution in [0.15, 0.2) is 0 Å². The standard InChI is InChI=1S/C5H9ClO2S/c1-4-2-3-5(4)9(6,7)8/h4-5H,2-3H2,1H3. The van der Waals surface area contributed by atoms with Crippen LogP contribution in [0.25, 0.3) is 0 Å². The van der Waals surface area contributed by atoms with Crippen molar-refractivity contribution in [1.82, 2.24) is 0 Å². The first-order chi connectivity index (χ1) is 4.02. The molecule has 2 nitrogen and oxygen atoms in total. The van der Waals surface area contributed by atoms with E-state index in [1.807, 2.05) is 6.92 Å². The molecule has 9 heavy (non-hydrogen) atoms. The van der Waals surface area contributed by atoms with E-state index in [0.717, 1.165) is 12.8 Å². The second-order valence-corrected chi connectivity index (χ2v) is 5.42. The van der Waals surface area contributed by atoms with E-state index in [1.165, 1.54) is 0 Å². The zero-order valence-electron chi connectivity index (χ0n) is 5.17. The van der Waals surface area contributed by atoms with Gasteiger partial charge in [-0.25, -0.2) is 8.42 Å². The molecule has 2 atom stereocenters. The predicted octanol–water partition coefficient (Wildman–Crippen LogP) is 1.35. The molecule has 1 fully saturated rings. The summed E-state index contributed by atoms with van der Waals surface area (Å²) in [5.74, 6) is 0.271. The van der Waals surface area contributed by atoms with Crippen LogP contribution in [0.1, 0.15) is 19.8 Å². The zero-order chi connectivity index (χ0) is 7.07. The molecule has 0 aromatic rings. The van der Waals surface area contributed by atoms with E-state index in [2.05, 4.69) is 0 Å². The van der Waals surface area contributed by atoms with Gasteiger partial charge in [0.15, 0.2) is 0 Å². The third-order valence-corrected chi connectivity index (χ3v) is 4.01. The lowest BCUT2D eigenvalue weighted by atomic mass is 9.87. The molecule has 54 valence electrons. The largest absolute Gasteiger partial charge is 0.235 e. The minimum atomic E-state index is -3.24. The van der Waals surface area contributed by atoms with Crippen LogP contribution in [0, 0.1) is 5.92 Å². The normalized spacial score (nSPS) is 35.8. The van der Waals surface area contributed by atoms with Crippen LogP contribution in [0.3, 0.4) is 0 Å². The zero-order valence-corrected chi connectivity index (χ0v) is 6.74. The van der Waals surface area contributed by atoms with Crippen LogP contribution in [0.5, 0.6) is 0 Å². The second-order valence-electron chi connectivity index (χ2n) is 2.57. The summed E-state index contributed by atoms with van der Waals surface area (Å²) < 4.78 is 21.2. The Morgan fingerprint density at radius 2 is 2.00 bits per heavy atom. The molecular formula is C5H9ClO2S. The average molecular weight is 169 g/mol. The molecule has 1 aliphatic carbocycles. The molecule has 0 aromatic heterocycles. The lowest BCUT2D eigenvalue weighted by Gasteiger charge is -2.30. The SMILES string of the molecule is CC1CCC1S(=O)(=O)Cl. The molecule has 0 aliphatic heterocycles. The van der Waals surface area contributed by atoms with Crippen LogP contribution >= 0.6 is 10.7 Å². The molecule has 0 heterocycles. The Hall–Kier alpha value is 0.240. The maximum Gasteiger partial charge on any atom is 0.235 e. The minimum absolute atomic E-state index is 0.265. The molecule has 1 aliphatic rings. The molecule has 1 rings (SSSR count). The summed E-state index contributed by atoms with van der Waals surface area (Å²) in [5, 5.41) is -0.265. The van der Waals surface area contributed by atoms with Gasteiger partial charge in [0.2, 0.25) is 9.05 Å². The first-order valence-corrected chi connectivity index (χ1v) is 5.32. The van der Waals surface area contributed by atoms with Crippen molar-refractivity contribution >= 4 is 19.7 Å². The molecule has 4 heteroatoms. The minimum Gasteiger partial charge on any atom is -0.212 e. The number of hydrogen-bond acceptors (Lipinski definition) is 2. The monoisotopic (exact) mass is 168 g/mol. The van der Waals surface area contributed by atoms with E-state index in [4.69, 9.17) is 10.7 Å². The Morgan fingerprint density at radius 3 is 2.00 bits per heavy atom. The molecule has 0 radical (unpaired) electrons. The third kappa shape index (κ3) is 1.38. The van der Waals surface area contributed by atoms with Crippen molar-refractivity contribution in [2.24, 2.45) is 5.92 Å². The molecule has 0 spiro atoms. The predicted molar refractivity (Wildman–Crippen MR) is 37.0 cm³/mol. The van der Waals surface area contributed by atoms with Crippen molar-refractivity contribution in [2.45, 2.75) is 25.0 Å². The summed E-state index contributed by atoms with van der Waals surface area (Å²) in [4.78, 5) is 0. The van der Waals surface area contributed by atoms with Crippen LogP contribution in [-0.2, 0) is 9.05 Å². The van der Waals surface area contributed by atoms with Crippen LogP contribution in [0.2, 0.25) is 0 Å². The Bertz CT molecular complexity index is 197. The summed E-state index contributed by atoms with van der Waals surface area (Å²) in [6, 6.07) is 0. The maximum absolute atomic E-state index is 10.6. The molecule has 0 N–H and O–H groups in total. The van der Waals surface area contributed by atoms with Gasteiger partial charge in [0.25, 0.3) is 0 Å². The smallest absolute Gasteiger partial charge is 0.212 e. The Morgan fingerprint density at radius 1 is 1.44 bits per heavy atom. The molecule has 0 saturated heterocycles. The topological polar surface area (TPSA) is 34.1 Å². The summed E-state index contributed by atoms with van der Waals surface area (Å²) in [6.45, 7) is 1.91. The van der Waals surface area contributed by atoms with E-state index >= 15 is 0 Å². The van der Waals surface area contributed by atoms with Crippen LogP contribution in [0.4, 0.5) is 0 Å². The van der Waals surface area contributed by atoms with Crippen LogP contribution < -0.4 is 0 Å². The van der Waals surface area contributed by atoms with Gasteiger partial charge in [-0.3, -0.25) is 0 Å². The number of halogens is 1. The molecule has 0 amide bonds. The Labute approximate surface area is 59.6 Å². The highest BCUT2D eigenvalue weighted by Crippen LogP contribution is 2.34. The first kappa shape index (κ1) is 7.35. The average Bonchev–Trinajstić information content (AvgIpc) is 1.57. The van der Waals surface area contributed by atoms with Crippen molar-refractivity contribution in [3.63, 3.8) is 0 Å². The Balaban J connectivity index is 2.66. The van der Waals surface area contributed by atoms with Gasteiger partial charge in [-0.2, -0.15) is 0 Å². The second kappa shape index (κ2) is 2.13. The fraction of sp³-hybridized carbons (Fsp3) is 1.00. The quantitative estimate of drug-likeness (QED) is 0.554. The third-order valence-electron chi connectivity index (χ3n) is 1.90. The highest BCUT2D eigenvalue weighted by Gasteiger charge is 2.36. The maximum atomic E-state index is 10.6. The van der Waals surface area contributed by atoms with E-state index < -0.39 is 9.05 Å². The number of hydrogen-bond donors (Lipinski definition) is 0. The fourth-order valence-electron chi connectivity index (χ4n) is 1.05. The summed E-state index contributed by atoms with van der Waals surface area (Å²) in [6.07, 6.45) is 1.74. The van der Waals surface area contributed by atoms with Gasteiger partial charge in [-0.15, -0.1) is 0 Å². The lowest BCUT2D eigenvalue weighted by molar-refractivity contribution is 0.348. The molecule has 0 bridgehead atoms. The lowest BCUT2D eigenvalue weighted by Crippen LogP contribution is -2.33. The highest BCUT2D eigenvalue weighted by molar-refractivity contribution is 8.14. The van der Waals surface area contributed by atoms with Gasteiger partial charge >= 0.3 is 0 Å². The summed E-state index contributed by atoms with van der Waals surface area (Å²) in [5.41, 5.74) is 0. The van der Waals surface area contributed by atoms with E-state index in [1.54, 1.807) is 0 Å². The highest BCUT2D eigenvalue weighted by atomic mass is 35.7. The Kier molecular flexibility index (Phi) is 1.74. The van der Waals surface area contributed by atoms with E-state index in [-0.39, 0.29) is 11.2 Å². The molecule has 1 saturated carbocycles. The van der Waals surface area contributed by atoms with Gasteiger partial charge in [0.1, 0.15) is 0 Å². The molecule has 0 aromatic carbocycles. The summed E-state index contributed by atoms with van der Waals surface area (Å²) in [7, 11) is 1.86. The number of rotatable bonds is 1. The van der Waals surface area contributed by atoms with Gasteiger partial charge in [-0.1, -0.05) is 6.92 Å². The van der Waals surface area contributed by atoms with Gasteiger partial charge in [0, 0.05) is 10.7 Å². The fourth-order valence-corrected chi connectivity index (χ4v) is 2.96. The van der Waals surface area contributed by atoms with Crippen molar-refractivity contribution in [1.29, 1.82) is 0 Å².